The van der Waals surface area contributed by atoms with Crippen molar-refractivity contribution in [2.45, 2.75) is 0 Å². The molecule has 0 aromatic heterocycles. The van der Waals surface area contributed by atoms with E-state index in [2.05, 4.69) is 52.9 Å². The van der Waals surface area contributed by atoms with Crippen molar-refractivity contribution in [2.24, 2.45) is 0 Å². The fourth-order valence-electron chi connectivity index (χ4n) is 3.71. The van der Waals surface area contributed by atoms with Crippen LogP contribution in [-0.2, 0) is 0 Å². The lowest BCUT2D eigenvalue weighted by Gasteiger charge is -2.27. The number of aromatic hydroxyl groups is 2. The number of quaternary nitrogens is 2. The summed E-state index contributed by atoms with van der Waals surface area (Å²) < 4.78 is 1.46. The van der Waals surface area contributed by atoms with Gasteiger partial charge >= 0.3 is 0 Å². The summed E-state index contributed by atoms with van der Waals surface area (Å²) in [6.45, 7) is 2.74. The topological polar surface area (TPSA) is 98.7 Å². The van der Waals surface area contributed by atoms with E-state index in [1.54, 1.807) is 12.1 Å². The highest BCUT2D eigenvalue weighted by molar-refractivity contribution is 6.33. The molecule has 0 bridgehead atoms. The summed E-state index contributed by atoms with van der Waals surface area (Å²) in [7, 11) is 12.4. The number of carbonyl (C=O) groups is 2. The molecule has 1 aliphatic carbocycles. The van der Waals surface area contributed by atoms with Crippen molar-refractivity contribution in [2.75, 3.05) is 79.1 Å². The molecule has 0 saturated carbocycles. The lowest BCUT2D eigenvalue weighted by molar-refractivity contribution is -0.868. The Balaban J connectivity index is 0.00000289. The Bertz CT molecular complexity index is 991. The maximum absolute atomic E-state index is 13.5. The van der Waals surface area contributed by atoms with Crippen molar-refractivity contribution in [1.29, 1.82) is 0 Å². The van der Waals surface area contributed by atoms with Gasteiger partial charge < -0.3 is 77.8 Å². The molecule has 10 heteroatoms. The average molecular weight is 696 g/mol. The van der Waals surface area contributed by atoms with E-state index in [-0.39, 0.29) is 81.7 Å². The van der Waals surface area contributed by atoms with E-state index < -0.39 is 11.6 Å². The van der Waals surface area contributed by atoms with Crippen LogP contribution in [0.15, 0.2) is 24.3 Å². The van der Waals surface area contributed by atoms with E-state index in [4.69, 9.17) is 0 Å². The number of hydrogen-bond donors (Lipinski definition) is 4. The minimum Gasteiger partial charge on any atom is -1.00 e. The molecule has 0 radical (unpaired) electrons. The molecule has 0 atom stereocenters. The van der Waals surface area contributed by atoms with Crippen LogP contribution in [0.1, 0.15) is 31.8 Å². The van der Waals surface area contributed by atoms with Crippen LogP contribution in [0.2, 0.25) is 0 Å². The molecule has 0 spiro atoms. The van der Waals surface area contributed by atoms with Crippen LogP contribution in [0.3, 0.4) is 0 Å². The predicted octanol–water partition coefficient (Wildman–Crippen LogP) is -3.88. The van der Waals surface area contributed by atoms with Crippen molar-refractivity contribution in [3.8, 4) is 11.5 Å². The number of nitrogens with zero attached hydrogens (tertiary/aromatic N) is 2. The Labute approximate surface area is 235 Å². The molecule has 2 aromatic carbocycles. The zero-order valence-corrected chi connectivity index (χ0v) is 24.8. The summed E-state index contributed by atoms with van der Waals surface area (Å²) in [5, 5.41) is 27.5. The Morgan fingerprint density at radius 3 is 1.24 bits per heavy atom. The van der Waals surface area contributed by atoms with Crippen molar-refractivity contribution < 1.29 is 76.7 Å². The van der Waals surface area contributed by atoms with Crippen molar-refractivity contribution >= 4 is 22.9 Å². The zero-order valence-electron chi connectivity index (χ0n) is 20.5. The standard InChI is InChI=1S/C24H32N4O4.2HI/c1-27(2,3)13-11-25-15-7-9-17(29)21-19(15)23(31)22-18(30)10-8-16(20(22)24(21)32)26-12-14-28(4,5)6;;/h7-10H,11-14H2,1-6H3,(H2-2,25,26,29,30,31,32);2*1H. The number of benzene rings is 2. The summed E-state index contributed by atoms with van der Waals surface area (Å²) >= 11 is 0. The number of phenolic OH excluding ortho intramolecular Hbond substituents is 2. The third kappa shape index (κ3) is 6.73. The highest BCUT2D eigenvalue weighted by atomic mass is 127. The first-order valence-corrected chi connectivity index (χ1v) is 10.7. The number of halogens is 2. The number of carbonyl (C=O) groups excluding carboxylic acids is 2. The largest absolute Gasteiger partial charge is 1.00 e. The van der Waals surface area contributed by atoms with Crippen LogP contribution < -0.4 is 58.6 Å². The highest BCUT2D eigenvalue weighted by Crippen LogP contribution is 2.42. The quantitative estimate of drug-likeness (QED) is 0.110. The van der Waals surface area contributed by atoms with Crippen LogP contribution in [0.5, 0.6) is 11.5 Å². The molecule has 0 fully saturated rings. The van der Waals surface area contributed by atoms with Crippen molar-refractivity contribution in [3.05, 3.63) is 46.5 Å². The Kier molecular flexibility index (Phi) is 10.2. The van der Waals surface area contributed by atoms with E-state index in [0.717, 1.165) is 22.1 Å². The molecule has 0 amide bonds. The first kappa shape index (κ1) is 30.4. The van der Waals surface area contributed by atoms with E-state index in [9.17, 15) is 19.8 Å². The molecule has 0 unspecified atom stereocenters. The Morgan fingerprint density at radius 1 is 0.618 bits per heavy atom. The van der Waals surface area contributed by atoms with E-state index >= 15 is 0 Å². The van der Waals surface area contributed by atoms with Gasteiger partial charge in [0, 0.05) is 11.4 Å². The van der Waals surface area contributed by atoms with Gasteiger partial charge in [-0.1, -0.05) is 0 Å². The smallest absolute Gasteiger partial charge is 0.200 e. The molecule has 0 aliphatic heterocycles. The molecule has 3 rings (SSSR count). The number of fused-ring (bicyclic) bond motifs is 2. The van der Waals surface area contributed by atoms with E-state index in [1.165, 1.54) is 12.1 Å². The number of phenols is 2. The molecule has 0 heterocycles. The molecule has 1 aliphatic rings. The Morgan fingerprint density at radius 2 is 0.941 bits per heavy atom. The Hall–Kier alpha value is -1.64. The third-order valence-electron chi connectivity index (χ3n) is 5.47. The first-order valence-electron chi connectivity index (χ1n) is 10.7. The minimum atomic E-state index is -0.481. The number of nitrogens with one attached hydrogen (secondary N) is 2. The van der Waals surface area contributed by atoms with E-state index in [0.29, 0.717) is 24.5 Å². The zero-order chi connectivity index (χ0) is 23.8. The summed E-state index contributed by atoms with van der Waals surface area (Å²) in [6.07, 6.45) is 0. The van der Waals surface area contributed by atoms with Gasteiger partial charge in [-0.3, -0.25) is 9.59 Å². The van der Waals surface area contributed by atoms with Gasteiger partial charge in [-0.2, -0.15) is 0 Å². The van der Waals surface area contributed by atoms with Crippen molar-refractivity contribution in [3.63, 3.8) is 0 Å². The van der Waals surface area contributed by atoms with Crippen LogP contribution in [-0.4, -0.2) is 99.2 Å². The highest BCUT2D eigenvalue weighted by Gasteiger charge is 2.38. The molecule has 4 N–H and O–H groups in total. The van der Waals surface area contributed by atoms with Crippen LogP contribution in [0.4, 0.5) is 11.4 Å². The number of ketones is 2. The normalized spacial score (nSPS) is 12.8. The van der Waals surface area contributed by atoms with Gasteiger partial charge in [0.1, 0.15) is 11.5 Å². The first-order chi connectivity index (χ1) is 14.8. The average Bonchev–Trinajstić information content (AvgIpc) is 2.66. The van der Waals surface area contributed by atoms with Gasteiger partial charge in [-0.25, -0.2) is 0 Å². The molecular weight excluding hydrogens is 662 g/mol. The van der Waals surface area contributed by atoms with Crippen LogP contribution in [0, 0.1) is 0 Å². The molecule has 2 aromatic rings. The maximum atomic E-state index is 13.5. The molecule has 34 heavy (non-hydrogen) atoms. The minimum absolute atomic E-state index is 0. The number of hydrogen-bond acceptors (Lipinski definition) is 6. The second kappa shape index (κ2) is 11.4. The SMILES string of the molecule is C[N+](C)(C)CCNc1ccc(O)c2c1C(=O)c1c(O)ccc(NCC[N+](C)(C)C)c1C2=O.[I-].[I-]. The van der Waals surface area contributed by atoms with Gasteiger partial charge in [0.05, 0.1) is 90.7 Å². The van der Waals surface area contributed by atoms with Crippen LogP contribution >= 0.6 is 0 Å². The fourth-order valence-corrected chi connectivity index (χ4v) is 3.71. The van der Waals surface area contributed by atoms with Gasteiger partial charge in [0.25, 0.3) is 0 Å². The molecular formula is C24H34I2N4O4. The second-order valence-corrected chi connectivity index (χ2v) is 10.3. The van der Waals surface area contributed by atoms with Gasteiger partial charge in [-0.05, 0) is 24.3 Å². The monoisotopic (exact) mass is 696 g/mol. The number of anilines is 2. The molecule has 188 valence electrons. The van der Waals surface area contributed by atoms with Gasteiger partial charge in [0.15, 0.2) is 0 Å². The number of rotatable bonds is 8. The van der Waals surface area contributed by atoms with Gasteiger partial charge in [-0.15, -0.1) is 0 Å². The van der Waals surface area contributed by atoms with Gasteiger partial charge in [0.2, 0.25) is 11.6 Å². The lowest BCUT2D eigenvalue weighted by Crippen LogP contribution is -3.00. The predicted molar refractivity (Wildman–Crippen MR) is 126 cm³/mol. The van der Waals surface area contributed by atoms with E-state index in [1.807, 2.05) is 0 Å². The van der Waals surface area contributed by atoms with Crippen LogP contribution in [0.25, 0.3) is 0 Å². The molecule has 8 nitrogen and oxygen atoms in total. The summed E-state index contributed by atoms with van der Waals surface area (Å²) in [6, 6.07) is 6.05. The number of likely N-dealkylation sites (N-methyl/N-ethyl adjacent to an activating group) is 2. The third-order valence-corrected chi connectivity index (χ3v) is 5.47. The molecule has 0 saturated heterocycles. The fraction of sp³-hybridized carbons (Fsp3) is 0.417. The lowest BCUT2D eigenvalue weighted by atomic mass is 9.81. The summed E-state index contributed by atoms with van der Waals surface area (Å²) in [4.78, 5) is 27.0. The van der Waals surface area contributed by atoms with Crippen molar-refractivity contribution in [1.82, 2.24) is 0 Å². The maximum Gasteiger partial charge on any atom is 0.200 e. The second-order valence-electron chi connectivity index (χ2n) is 10.3. The summed E-state index contributed by atoms with van der Waals surface area (Å²) in [5.74, 6) is -1.46. The summed E-state index contributed by atoms with van der Waals surface area (Å²) in [5.41, 5.74) is 1.08.